The number of para-hydroxylation sites is 1. The molecule has 28 heavy (non-hydrogen) atoms. The number of amides is 1. The molecule has 0 bridgehead atoms. The second-order valence-corrected chi connectivity index (χ2v) is 8.47. The lowest BCUT2D eigenvalue weighted by Gasteiger charge is -2.33. The summed E-state index contributed by atoms with van der Waals surface area (Å²) in [5, 5.41) is 10.2. The van der Waals surface area contributed by atoms with Crippen LogP contribution in [0.25, 0.3) is 0 Å². The van der Waals surface area contributed by atoms with E-state index in [2.05, 4.69) is 33.7 Å². The number of rotatable bonds is 3. The van der Waals surface area contributed by atoms with Gasteiger partial charge in [-0.1, -0.05) is 23.3 Å². The molecular formula is C21H26N4O3. The van der Waals surface area contributed by atoms with E-state index in [0.29, 0.717) is 17.5 Å². The van der Waals surface area contributed by atoms with Crippen molar-refractivity contribution in [3.05, 3.63) is 36.2 Å². The van der Waals surface area contributed by atoms with Crippen LogP contribution in [0.2, 0.25) is 0 Å². The van der Waals surface area contributed by atoms with Crippen molar-refractivity contribution in [3.8, 4) is 5.75 Å². The average molecular weight is 382 g/mol. The van der Waals surface area contributed by atoms with Crippen molar-refractivity contribution in [2.75, 3.05) is 18.4 Å². The fourth-order valence-corrected chi connectivity index (χ4v) is 4.32. The molecule has 2 saturated carbocycles. The molecule has 0 radical (unpaired) electrons. The van der Waals surface area contributed by atoms with Gasteiger partial charge >= 0.3 is 6.01 Å². The van der Waals surface area contributed by atoms with Crippen molar-refractivity contribution in [3.63, 3.8) is 0 Å². The minimum atomic E-state index is -0.321. The van der Waals surface area contributed by atoms with Crippen LogP contribution in [0, 0.1) is 5.41 Å². The summed E-state index contributed by atoms with van der Waals surface area (Å²) in [6, 6.07) is 8.33. The van der Waals surface area contributed by atoms with Crippen LogP contribution in [-0.4, -0.2) is 46.2 Å². The van der Waals surface area contributed by atoms with Crippen LogP contribution in [0.1, 0.15) is 50.5 Å². The zero-order chi connectivity index (χ0) is 19.1. The SMILES string of the molecule is CC(Nc1nnco1)C(=O)N1CCC2(CC1)CC2.c1ccc2c(c1)O[C@@H]1C[C@H]21. The third kappa shape index (κ3) is 3.45. The van der Waals surface area contributed by atoms with Gasteiger partial charge in [-0.3, -0.25) is 4.79 Å². The highest BCUT2D eigenvalue weighted by Crippen LogP contribution is 2.54. The van der Waals surface area contributed by atoms with Crippen molar-refractivity contribution in [2.45, 2.75) is 57.1 Å². The molecule has 2 aliphatic carbocycles. The molecule has 1 aromatic carbocycles. The molecule has 3 fully saturated rings. The molecule has 1 aromatic heterocycles. The fraction of sp³-hybridized carbons (Fsp3) is 0.571. The number of anilines is 1. The van der Waals surface area contributed by atoms with Gasteiger partial charge in [-0.25, -0.2) is 0 Å². The second-order valence-electron chi connectivity index (χ2n) is 8.47. The number of piperidine rings is 1. The molecule has 1 amide bonds. The van der Waals surface area contributed by atoms with Gasteiger partial charge in [0.15, 0.2) is 0 Å². The molecule has 2 aliphatic heterocycles. The molecule has 1 spiro atoms. The van der Waals surface area contributed by atoms with Crippen molar-refractivity contribution in [1.82, 2.24) is 15.1 Å². The van der Waals surface area contributed by atoms with E-state index in [1.165, 1.54) is 31.2 Å². The van der Waals surface area contributed by atoms with Gasteiger partial charge in [0, 0.05) is 24.6 Å². The summed E-state index contributed by atoms with van der Waals surface area (Å²) in [7, 11) is 0. The molecule has 1 unspecified atom stereocenters. The minimum Gasteiger partial charge on any atom is -0.489 e. The Balaban J connectivity index is 0.000000142. The molecular weight excluding hydrogens is 356 g/mol. The number of likely N-dealkylation sites (tertiary alicyclic amines) is 1. The summed E-state index contributed by atoms with van der Waals surface area (Å²) in [5.41, 5.74) is 2.02. The molecule has 6 rings (SSSR count). The number of nitrogens with one attached hydrogen (secondary N) is 1. The fourth-order valence-electron chi connectivity index (χ4n) is 4.32. The number of fused-ring (bicyclic) bond motifs is 3. The highest BCUT2D eigenvalue weighted by Gasteiger charge is 2.47. The van der Waals surface area contributed by atoms with Gasteiger partial charge in [0.1, 0.15) is 17.9 Å². The van der Waals surface area contributed by atoms with Gasteiger partial charge in [-0.15, -0.1) is 5.10 Å². The van der Waals surface area contributed by atoms with E-state index in [4.69, 9.17) is 9.15 Å². The Bertz CT molecular complexity index is 839. The lowest BCUT2D eigenvalue weighted by atomic mass is 9.93. The second kappa shape index (κ2) is 6.79. The smallest absolute Gasteiger partial charge is 0.315 e. The third-order valence-corrected chi connectivity index (χ3v) is 6.49. The van der Waals surface area contributed by atoms with E-state index in [0.717, 1.165) is 37.6 Å². The van der Waals surface area contributed by atoms with Gasteiger partial charge in [0.05, 0.1) is 0 Å². The molecule has 1 N–H and O–H groups in total. The topological polar surface area (TPSA) is 80.5 Å². The zero-order valence-corrected chi connectivity index (χ0v) is 16.1. The lowest BCUT2D eigenvalue weighted by molar-refractivity contribution is -0.133. The average Bonchev–Trinajstić information content (AvgIpc) is 3.56. The Morgan fingerprint density at radius 3 is 2.71 bits per heavy atom. The van der Waals surface area contributed by atoms with E-state index in [1.807, 2.05) is 17.9 Å². The van der Waals surface area contributed by atoms with E-state index in [-0.39, 0.29) is 11.9 Å². The van der Waals surface area contributed by atoms with Crippen molar-refractivity contribution in [2.24, 2.45) is 5.41 Å². The first-order valence-corrected chi connectivity index (χ1v) is 10.2. The van der Waals surface area contributed by atoms with Crippen molar-refractivity contribution in [1.29, 1.82) is 0 Å². The number of hydrogen-bond donors (Lipinski definition) is 1. The quantitative estimate of drug-likeness (QED) is 0.878. The lowest BCUT2D eigenvalue weighted by Crippen LogP contribution is -2.45. The summed E-state index contributed by atoms with van der Waals surface area (Å²) >= 11 is 0. The number of hydrogen-bond acceptors (Lipinski definition) is 6. The molecule has 3 atom stereocenters. The van der Waals surface area contributed by atoms with Gasteiger partial charge in [0.25, 0.3) is 0 Å². The Morgan fingerprint density at radius 2 is 2.04 bits per heavy atom. The van der Waals surface area contributed by atoms with E-state index in [9.17, 15) is 4.79 Å². The minimum absolute atomic E-state index is 0.115. The number of aromatic nitrogens is 2. The number of ether oxygens (including phenoxy) is 1. The van der Waals surface area contributed by atoms with E-state index >= 15 is 0 Å². The van der Waals surface area contributed by atoms with Gasteiger partial charge in [-0.05, 0) is 50.5 Å². The van der Waals surface area contributed by atoms with Gasteiger partial charge < -0.3 is 19.4 Å². The first-order chi connectivity index (χ1) is 13.6. The van der Waals surface area contributed by atoms with Gasteiger partial charge in [-0.2, -0.15) is 0 Å². The van der Waals surface area contributed by atoms with E-state index in [1.54, 1.807) is 0 Å². The number of benzene rings is 1. The highest BCUT2D eigenvalue weighted by molar-refractivity contribution is 5.83. The molecule has 7 nitrogen and oxygen atoms in total. The predicted molar refractivity (Wildman–Crippen MR) is 103 cm³/mol. The van der Waals surface area contributed by atoms with Crippen LogP contribution in [0.5, 0.6) is 5.75 Å². The summed E-state index contributed by atoms with van der Waals surface area (Å²) in [6.07, 6.45) is 8.06. The molecule has 1 saturated heterocycles. The van der Waals surface area contributed by atoms with Crippen molar-refractivity contribution < 1.29 is 13.9 Å². The van der Waals surface area contributed by atoms with Crippen LogP contribution in [-0.2, 0) is 4.79 Å². The maximum absolute atomic E-state index is 12.2. The third-order valence-electron chi connectivity index (χ3n) is 6.49. The maximum atomic E-state index is 12.2. The first-order valence-electron chi connectivity index (χ1n) is 10.2. The number of carbonyl (C=O) groups is 1. The largest absolute Gasteiger partial charge is 0.489 e. The Labute approximate surface area is 164 Å². The first kappa shape index (κ1) is 17.5. The van der Waals surface area contributed by atoms with Gasteiger partial charge in [0.2, 0.25) is 12.3 Å². The Kier molecular flexibility index (Phi) is 4.25. The van der Waals surface area contributed by atoms with Crippen molar-refractivity contribution >= 4 is 11.9 Å². The zero-order valence-electron chi connectivity index (χ0n) is 16.1. The molecule has 7 heteroatoms. The monoisotopic (exact) mass is 382 g/mol. The van der Waals surface area contributed by atoms with Crippen LogP contribution in [0.4, 0.5) is 6.01 Å². The Hall–Kier alpha value is -2.57. The van der Waals surface area contributed by atoms with Crippen LogP contribution >= 0.6 is 0 Å². The Morgan fingerprint density at radius 1 is 1.25 bits per heavy atom. The molecule has 2 aromatic rings. The van der Waals surface area contributed by atoms with Crippen LogP contribution in [0.3, 0.4) is 0 Å². The number of nitrogens with zero attached hydrogens (tertiary/aromatic N) is 3. The molecule has 3 heterocycles. The highest BCUT2D eigenvalue weighted by atomic mass is 16.5. The molecule has 4 aliphatic rings. The summed E-state index contributed by atoms with van der Waals surface area (Å²) in [4.78, 5) is 14.2. The summed E-state index contributed by atoms with van der Waals surface area (Å²) in [5.74, 6) is 1.98. The molecule has 148 valence electrons. The van der Waals surface area contributed by atoms with Crippen LogP contribution < -0.4 is 10.1 Å². The summed E-state index contributed by atoms with van der Waals surface area (Å²) in [6.45, 7) is 3.59. The normalized spacial score (nSPS) is 26.2. The van der Waals surface area contributed by atoms with Crippen LogP contribution in [0.15, 0.2) is 35.1 Å². The number of carbonyl (C=O) groups excluding carboxylic acids is 1. The van der Waals surface area contributed by atoms with E-state index < -0.39 is 0 Å². The maximum Gasteiger partial charge on any atom is 0.315 e. The summed E-state index contributed by atoms with van der Waals surface area (Å²) < 4.78 is 10.6. The predicted octanol–water partition coefficient (Wildman–Crippen LogP) is 3.21. The standard InChI is InChI=1S/C12H18N4O2.C9H8O/c1-9(14-11-15-13-8-18-11)10(17)16-6-4-12(2-3-12)5-7-16;1-2-4-8-6(3-1)7-5-9(7)10-8/h8-9H,2-7H2,1H3,(H,14,15);1-4,7,9H,5H2/t;7-,9-/m.1/s1.